The topological polar surface area (TPSA) is 54.3 Å². The smallest absolute Gasteiger partial charge is 0.255 e. The minimum atomic E-state index is -0.269. The average molecular weight is 420 g/mol. The van der Waals surface area contributed by atoms with E-state index in [0.29, 0.717) is 18.0 Å². The molecule has 1 amide bonds. The van der Waals surface area contributed by atoms with E-state index < -0.39 is 0 Å². The maximum atomic E-state index is 14.1. The number of amides is 1. The first-order chi connectivity index (χ1) is 15.1. The van der Waals surface area contributed by atoms with Crippen LogP contribution in [0.3, 0.4) is 0 Å². The predicted molar refractivity (Wildman–Crippen MR) is 115 cm³/mol. The summed E-state index contributed by atoms with van der Waals surface area (Å²) in [6.45, 7) is 6.24. The standard InChI is InChI=1S/C24H26FN5O/c1-2-29-10-9-27-22(29)16-28-13-19-14-30(24(31)18-6-4-8-26-12-18)23(21(19)15-28)17-5-3-7-20(25)11-17/h3-12,19,21,23H,2,13-16H2,1H3/t19-,21-,23+/m0/s1. The Balaban J connectivity index is 1.42. The van der Waals surface area contributed by atoms with Gasteiger partial charge in [0.15, 0.2) is 0 Å². The third-order valence-electron chi connectivity index (χ3n) is 6.61. The van der Waals surface area contributed by atoms with Gasteiger partial charge >= 0.3 is 0 Å². The summed E-state index contributed by atoms with van der Waals surface area (Å²) >= 11 is 0. The van der Waals surface area contributed by atoms with Crippen LogP contribution >= 0.6 is 0 Å². The Morgan fingerprint density at radius 3 is 2.84 bits per heavy atom. The van der Waals surface area contributed by atoms with Crippen molar-refractivity contribution in [1.29, 1.82) is 0 Å². The van der Waals surface area contributed by atoms with Crippen LogP contribution in [-0.4, -0.2) is 49.9 Å². The van der Waals surface area contributed by atoms with Gasteiger partial charge in [-0.25, -0.2) is 9.37 Å². The molecule has 7 heteroatoms. The number of carbonyl (C=O) groups is 1. The molecule has 3 aromatic rings. The molecule has 0 aliphatic carbocycles. The third kappa shape index (κ3) is 3.74. The Kier molecular flexibility index (Phi) is 5.28. The summed E-state index contributed by atoms with van der Waals surface area (Å²) in [5, 5.41) is 0. The number of nitrogens with zero attached hydrogens (tertiary/aromatic N) is 5. The van der Waals surface area contributed by atoms with Crippen molar-refractivity contribution in [2.24, 2.45) is 11.8 Å². The lowest BCUT2D eigenvalue weighted by Crippen LogP contribution is -2.36. The van der Waals surface area contributed by atoms with Crippen molar-refractivity contribution in [2.75, 3.05) is 19.6 Å². The molecule has 2 aliphatic rings. The van der Waals surface area contributed by atoms with E-state index in [-0.39, 0.29) is 23.7 Å². The monoisotopic (exact) mass is 419 g/mol. The van der Waals surface area contributed by atoms with Gasteiger partial charge in [0.2, 0.25) is 0 Å². The van der Waals surface area contributed by atoms with E-state index in [9.17, 15) is 9.18 Å². The molecule has 4 heterocycles. The van der Waals surface area contributed by atoms with Crippen molar-refractivity contribution >= 4 is 5.91 Å². The van der Waals surface area contributed by atoms with Gasteiger partial charge in [0.1, 0.15) is 11.6 Å². The number of carbonyl (C=O) groups excluding carboxylic acids is 1. The minimum absolute atomic E-state index is 0.0372. The maximum absolute atomic E-state index is 14.1. The highest BCUT2D eigenvalue weighted by atomic mass is 19.1. The van der Waals surface area contributed by atoms with Gasteiger partial charge < -0.3 is 9.47 Å². The highest BCUT2D eigenvalue weighted by Gasteiger charge is 2.49. The number of likely N-dealkylation sites (tertiary alicyclic amines) is 2. The summed E-state index contributed by atoms with van der Waals surface area (Å²) in [6, 6.07) is 10.1. The Morgan fingerprint density at radius 1 is 1.16 bits per heavy atom. The van der Waals surface area contributed by atoms with Crippen molar-refractivity contribution < 1.29 is 9.18 Å². The van der Waals surface area contributed by atoms with Crippen LogP contribution in [0, 0.1) is 17.7 Å². The zero-order chi connectivity index (χ0) is 21.4. The second kappa shape index (κ2) is 8.23. The van der Waals surface area contributed by atoms with Crippen LogP contribution in [0.5, 0.6) is 0 Å². The zero-order valence-electron chi connectivity index (χ0n) is 17.6. The number of aryl methyl sites for hydroxylation is 1. The van der Waals surface area contributed by atoms with Gasteiger partial charge in [-0.15, -0.1) is 0 Å². The molecule has 0 spiro atoms. The van der Waals surface area contributed by atoms with E-state index in [2.05, 4.69) is 26.4 Å². The van der Waals surface area contributed by atoms with E-state index >= 15 is 0 Å². The summed E-state index contributed by atoms with van der Waals surface area (Å²) in [4.78, 5) is 26.3. The van der Waals surface area contributed by atoms with E-state index in [1.807, 2.05) is 23.4 Å². The number of hydrogen-bond acceptors (Lipinski definition) is 4. The number of fused-ring (bicyclic) bond motifs is 1. The van der Waals surface area contributed by atoms with Crippen LogP contribution in [0.15, 0.2) is 61.2 Å². The highest BCUT2D eigenvalue weighted by molar-refractivity contribution is 5.94. The van der Waals surface area contributed by atoms with Crippen molar-refractivity contribution in [3.8, 4) is 0 Å². The fourth-order valence-corrected chi connectivity index (χ4v) is 5.23. The molecule has 0 radical (unpaired) electrons. The number of benzene rings is 1. The predicted octanol–water partition coefficient (Wildman–Crippen LogP) is 3.38. The highest BCUT2D eigenvalue weighted by Crippen LogP contribution is 2.45. The first-order valence-electron chi connectivity index (χ1n) is 10.8. The molecule has 2 saturated heterocycles. The number of aromatic nitrogens is 3. The molecule has 2 fully saturated rings. The van der Waals surface area contributed by atoms with Crippen LogP contribution in [0.2, 0.25) is 0 Å². The lowest BCUT2D eigenvalue weighted by molar-refractivity contribution is 0.0698. The summed E-state index contributed by atoms with van der Waals surface area (Å²) in [6.07, 6.45) is 7.13. The Morgan fingerprint density at radius 2 is 2.06 bits per heavy atom. The van der Waals surface area contributed by atoms with Gasteiger partial charge in [-0.1, -0.05) is 12.1 Å². The number of imidazole rings is 1. The molecule has 1 aromatic carbocycles. The van der Waals surface area contributed by atoms with Crippen molar-refractivity contribution in [3.05, 3.63) is 84.0 Å². The van der Waals surface area contributed by atoms with Crippen molar-refractivity contribution in [2.45, 2.75) is 26.1 Å². The van der Waals surface area contributed by atoms with Gasteiger partial charge in [0.25, 0.3) is 5.91 Å². The van der Waals surface area contributed by atoms with Crippen LogP contribution in [-0.2, 0) is 13.1 Å². The van der Waals surface area contributed by atoms with Gasteiger partial charge in [0.05, 0.1) is 18.2 Å². The molecule has 3 atom stereocenters. The quantitative estimate of drug-likeness (QED) is 0.636. The second-order valence-electron chi connectivity index (χ2n) is 8.45. The Hall–Kier alpha value is -3.06. The van der Waals surface area contributed by atoms with Gasteiger partial charge in [-0.05, 0) is 42.7 Å². The minimum Gasteiger partial charge on any atom is -0.334 e. The van der Waals surface area contributed by atoms with Crippen LogP contribution in [0.25, 0.3) is 0 Å². The van der Waals surface area contributed by atoms with E-state index in [4.69, 9.17) is 0 Å². The normalized spacial score (nSPS) is 23.3. The van der Waals surface area contributed by atoms with Gasteiger partial charge in [-0.2, -0.15) is 0 Å². The number of hydrogen-bond donors (Lipinski definition) is 0. The molecule has 0 unspecified atom stereocenters. The zero-order valence-corrected chi connectivity index (χ0v) is 17.6. The van der Waals surface area contributed by atoms with Gasteiger partial charge in [-0.3, -0.25) is 14.7 Å². The lowest BCUT2D eigenvalue weighted by atomic mass is 9.89. The maximum Gasteiger partial charge on any atom is 0.255 e. The lowest BCUT2D eigenvalue weighted by Gasteiger charge is -2.30. The first-order valence-corrected chi connectivity index (χ1v) is 10.8. The first kappa shape index (κ1) is 19.9. The largest absolute Gasteiger partial charge is 0.334 e. The average Bonchev–Trinajstić information content (AvgIpc) is 3.48. The Labute approximate surface area is 181 Å². The van der Waals surface area contributed by atoms with Crippen molar-refractivity contribution in [3.63, 3.8) is 0 Å². The number of halogens is 1. The summed E-state index contributed by atoms with van der Waals surface area (Å²) in [7, 11) is 0. The van der Waals surface area contributed by atoms with Crippen LogP contribution in [0.4, 0.5) is 4.39 Å². The van der Waals surface area contributed by atoms with Crippen LogP contribution < -0.4 is 0 Å². The number of pyridine rings is 1. The summed E-state index contributed by atoms with van der Waals surface area (Å²) < 4.78 is 16.3. The Bertz CT molecular complexity index is 1070. The van der Waals surface area contributed by atoms with E-state index in [0.717, 1.165) is 37.6 Å². The summed E-state index contributed by atoms with van der Waals surface area (Å²) in [5.41, 5.74) is 1.44. The molecule has 6 nitrogen and oxygen atoms in total. The third-order valence-corrected chi connectivity index (χ3v) is 6.61. The molecule has 2 aromatic heterocycles. The SMILES string of the molecule is CCn1ccnc1CN1C[C@H]2CN(C(=O)c3cccnc3)[C@H](c3cccc(F)c3)[C@H]2C1. The molecular formula is C24H26FN5O. The van der Waals surface area contributed by atoms with Crippen LogP contribution in [0.1, 0.15) is 34.7 Å². The van der Waals surface area contributed by atoms with Crippen molar-refractivity contribution in [1.82, 2.24) is 24.3 Å². The molecule has 2 aliphatic heterocycles. The second-order valence-corrected chi connectivity index (χ2v) is 8.45. The molecule has 31 heavy (non-hydrogen) atoms. The summed E-state index contributed by atoms with van der Waals surface area (Å²) in [5.74, 6) is 1.36. The van der Waals surface area contributed by atoms with E-state index in [1.54, 1.807) is 36.7 Å². The molecule has 0 saturated carbocycles. The molecule has 5 rings (SSSR count). The number of rotatable bonds is 5. The van der Waals surface area contributed by atoms with E-state index in [1.165, 1.54) is 6.07 Å². The van der Waals surface area contributed by atoms with Gasteiger partial charge in [0, 0.05) is 56.9 Å². The fourth-order valence-electron chi connectivity index (χ4n) is 5.23. The fraction of sp³-hybridized carbons (Fsp3) is 0.375. The molecule has 0 bridgehead atoms. The molecular weight excluding hydrogens is 393 g/mol. The molecule has 160 valence electrons. The molecule has 0 N–H and O–H groups in total.